The molecule has 16 heteroatoms. The maximum absolute atomic E-state index is 14.4. The van der Waals surface area contributed by atoms with Crippen LogP contribution in [0.1, 0.15) is 60.9 Å². The van der Waals surface area contributed by atoms with E-state index in [0.717, 1.165) is 22.9 Å². The van der Waals surface area contributed by atoms with Crippen LogP contribution in [0.2, 0.25) is 0 Å². The first kappa shape index (κ1) is 35.0. The second kappa shape index (κ2) is 13.3. The number of hydrogen-bond acceptors (Lipinski definition) is 8. The molecule has 3 aromatic heterocycles. The first-order valence-electron chi connectivity index (χ1n) is 17.2. The van der Waals surface area contributed by atoms with E-state index in [1.54, 1.807) is 31.3 Å². The maximum Gasteiger partial charge on any atom is 0.408 e. The number of rotatable bonds is 5. The molecule has 1 aliphatic carbocycles. The van der Waals surface area contributed by atoms with Crippen LogP contribution in [0.4, 0.5) is 19.0 Å². The smallest absolute Gasteiger partial charge is 0.345 e. The highest BCUT2D eigenvalue weighted by atomic mass is 19.4. The molecule has 1 N–H and O–H groups in total. The molecule has 52 heavy (non-hydrogen) atoms. The molecule has 13 nitrogen and oxygen atoms in total. The molecule has 1 saturated carbocycles. The van der Waals surface area contributed by atoms with E-state index in [-0.39, 0.29) is 42.2 Å². The first-order chi connectivity index (χ1) is 24.7. The number of allylic oxidation sites excluding steroid dienone is 2. The zero-order valence-corrected chi connectivity index (χ0v) is 29.0. The predicted octanol–water partition coefficient (Wildman–Crippen LogP) is 4.50. The quantitative estimate of drug-likeness (QED) is 0.235. The fourth-order valence-electron chi connectivity index (χ4n) is 7.65. The number of halogens is 3. The molecule has 0 unspecified atom stereocenters. The van der Waals surface area contributed by atoms with Crippen molar-refractivity contribution in [1.29, 1.82) is 0 Å². The van der Waals surface area contributed by atoms with Crippen molar-refractivity contribution in [1.82, 2.24) is 39.3 Å². The van der Waals surface area contributed by atoms with Gasteiger partial charge in [-0.2, -0.15) is 23.4 Å². The highest BCUT2D eigenvalue weighted by Gasteiger charge is 2.67. The Kier molecular flexibility index (Phi) is 8.95. The minimum atomic E-state index is -4.50. The summed E-state index contributed by atoms with van der Waals surface area (Å²) in [4.78, 5) is 66.2. The molecule has 3 amide bonds. The number of alkyl halides is 3. The van der Waals surface area contributed by atoms with Crippen molar-refractivity contribution in [3.8, 4) is 11.1 Å². The maximum atomic E-state index is 14.4. The van der Waals surface area contributed by atoms with E-state index >= 15 is 0 Å². The molecule has 7 rings (SSSR count). The predicted molar refractivity (Wildman–Crippen MR) is 183 cm³/mol. The molecule has 3 aliphatic rings. The summed E-state index contributed by atoms with van der Waals surface area (Å²) in [6.45, 7) is 1.95. The number of amides is 3. The Morgan fingerprint density at radius 3 is 2.54 bits per heavy atom. The van der Waals surface area contributed by atoms with Crippen LogP contribution >= 0.6 is 0 Å². The molecule has 272 valence electrons. The number of nitrogens with one attached hydrogen (secondary N) is 1. The minimum absolute atomic E-state index is 0.0367. The number of anilines is 1. The highest BCUT2D eigenvalue weighted by molar-refractivity contribution is 6.07. The molecular formula is C36H38F3N9O4. The number of aromatic nitrogens is 6. The van der Waals surface area contributed by atoms with Crippen LogP contribution < -0.4 is 5.32 Å². The summed E-state index contributed by atoms with van der Waals surface area (Å²) >= 11 is 0. The third kappa shape index (κ3) is 6.93. The van der Waals surface area contributed by atoms with Crippen LogP contribution in [-0.4, -0.2) is 94.7 Å². The summed E-state index contributed by atoms with van der Waals surface area (Å²) in [6.07, 6.45) is 6.98. The molecule has 1 aromatic carbocycles. The van der Waals surface area contributed by atoms with E-state index in [1.807, 2.05) is 24.3 Å². The van der Waals surface area contributed by atoms with Crippen molar-refractivity contribution in [2.24, 2.45) is 5.41 Å². The Balaban J connectivity index is 1.27. The Bertz CT molecular complexity index is 2110. The minimum Gasteiger partial charge on any atom is -0.345 e. The summed E-state index contributed by atoms with van der Waals surface area (Å²) in [7, 11) is 1.72. The van der Waals surface area contributed by atoms with E-state index in [9.17, 15) is 32.3 Å². The van der Waals surface area contributed by atoms with Crippen molar-refractivity contribution < 1.29 is 32.3 Å². The molecular weight excluding hydrogens is 679 g/mol. The molecule has 5 heterocycles. The van der Waals surface area contributed by atoms with Gasteiger partial charge in [0, 0.05) is 74.0 Å². The number of hydrogen-bond donors (Lipinski definition) is 1. The molecule has 1 saturated heterocycles. The molecule has 0 radical (unpaired) electrons. The van der Waals surface area contributed by atoms with Gasteiger partial charge < -0.3 is 15.1 Å². The second-order valence-electron chi connectivity index (χ2n) is 14.0. The van der Waals surface area contributed by atoms with E-state index in [1.165, 1.54) is 22.6 Å². The van der Waals surface area contributed by atoms with Gasteiger partial charge in [-0.25, -0.2) is 9.97 Å². The lowest BCUT2D eigenvalue weighted by Gasteiger charge is -2.27. The Morgan fingerprint density at radius 1 is 1.04 bits per heavy atom. The van der Waals surface area contributed by atoms with Crippen molar-refractivity contribution in [2.75, 3.05) is 18.9 Å². The lowest BCUT2D eigenvalue weighted by molar-refractivity contribution is -0.142. The van der Waals surface area contributed by atoms with Crippen molar-refractivity contribution in [3.05, 3.63) is 66.0 Å². The van der Waals surface area contributed by atoms with E-state index in [2.05, 4.69) is 25.5 Å². The number of aryl methyl sites for hydroxylation is 1. The van der Waals surface area contributed by atoms with Crippen LogP contribution in [0.25, 0.3) is 22.0 Å². The Hall–Kier alpha value is -5.41. The zero-order valence-electron chi connectivity index (χ0n) is 29.0. The van der Waals surface area contributed by atoms with Crippen LogP contribution in [-0.2, 0) is 33.9 Å². The molecule has 2 fully saturated rings. The third-order valence-electron chi connectivity index (χ3n) is 10.1. The molecule has 4 aromatic rings. The number of ketones is 1. The summed E-state index contributed by atoms with van der Waals surface area (Å²) in [5.74, 6) is -0.787. The number of Topliss-reactive ketones (excluding diaryl/α,β-unsaturated/α-hetero) is 1. The van der Waals surface area contributed by atoms with Gasteiger partial charge in [-0.05, 0) is 62.3 Å². The number of benzene rings is 1. The average molecular weight is 718 g/mol. The van der Waals surface area contributed by atoms with Gasteiger partial charge in [0.05, 0.1) is 5.52 Å². The fourth-order valence-corrected chi connectivity index (χ4v) is 7.65. The number of piperidine rings is 1. The van der Waals surface area contributed by atoms with E-state index in [0.29, 0.717) is 60.1 Å². The van der Waals surface area contributed by atoms with Gasteiger partial charge in [-0.3, -0.25) is 28.5 Å². The van der Waals surface area contributed by atoms with Gasteiger partial charge in [0.15, 0.2) is 11.6 Å². The Labute approximate surface area is 296 Å². The van der Waals surface area contributed by atoms with Gasteiger partial charge in [-0.15, -0.1) is 0 Å². The summed E-state index contributed by atoms with van der Waals surface area (Å²) in [6, 6.07) is 3.75. The number of carbonyl (C=O) groups is 4. The van der Waals surface area contributed by atoms with Crippen LogP contribution in [0.15, 0.2) is 48.9 Å². The van der Waals surface area contributed by atoms with E-state index < -0.39 is 36.0 Å². The van der Waals surface area contributed by atoms with Gasteiger partial charge in [0.25, 0.3) is 0 Å². The Morgan fingerprint density at radius 2 is 1.81 bits per heavy atom. The van der Waals surface area contributed by atoms with Crippen LogP contribution in [0.5, 0.6) is 0 Å². The molecule has 0 spiro atoms. The van der Waals surface area contributed by atoms with Crippen molar-refractivity contribution in [3.63, 3.8) is 0 Å². The SMILES string of the molecule is CC(=O)c1nn2c3c(cc(-c4cnc(C)nc4)cc13)C/C=C/CCCC(=O)N(C)C[C@@]13C[C@@H](C(=O)Nc4ccn(CC(F)(F)F)n4)N(C(=O)C2)[C@@H]1C3. The largest absolute Gasteiger partial charge is 0.408 e. The van der Waals surface area contributed by atoms with Gasteiger partial charge in [0.1, 0.15) is 30.6 Å². The van der Waals surface area contributed by atoms with Gasteiger partial charge >= 0.3 is 6.18 Å². The summed E-state index contributed by atoms with van der Waals surface area (Å²) in [5.41, 5.74) is 2.61. The summed E-state index contributed by atoms with van der Waals surface area (Å²) < 4.78 is 41.1. The third-order valence-corrected chi connectivity index (χ3v) is 10.1. The van der Waals surface area contributed by atoms with Gasteiger partial charge in [-0.1, -0.05) is 12.2 Å². The van der Waals surface area contributed by atoms with Gasteiger partial charge in [0.2, 0.25) is 17.7 Å². The molecule has 3 atom stereocenters. The zero-order chi connectivity index (χ0) is 36.9. The average Bonchev–Trinajstić information content (AvgIpc) is 3.34. The standard InChI is InChI=1S/C36H38F3N9O4/c1-21(49)32-26-13-24(25-16-40-22(2)41-17-25)12-23-8-6-4-5-7-9-30(50)45(3)19-35-14-27(34(52)42-29-10-11-46(43-29)20-36(37,38)39)48(28(35)15-35)31(51)18-47(44-32)33(23)26/h4,6,10-13,16-17,27-28H,5,7-9,14-15,18-20H2,1-3H3,(H,42,43,52)/b6-4+/t27-,28+,35-/m0/s1. The van der Waals surface area contributed by atoms with Crippen LogP contribution in [0, 0.1) is 12.3 Å². The summed E-state index contributed by atoms with van der Waals surface area (Å²) in [5, 5.41) is 11.7. The first-order valence-corrected chi connectivity index (χ1v) is 17.2. The highest BCUT2D eigenvalue weighted by Crippen LogP contribution is 2.60. The van der Waals surface area contributed by atoms with Crippen molar-refractivity contribution in [2.45, 2.75) is 83.7 Å². The fraction of sp³-hybridized carbons (Fsp3) is 0.444. The topological polar surface area (TPSA) is 148 Å². The molecule has 2 bridgehead atoms. The number of nitrogens with zero attached hydrogens (tertiary/aromatic N) is 8. The van der Waals surface area contributed by atoms with Crippen molar-refractivity contribution >= 4 is 40.2 Å². The normalized spacial score (nSPS) is 23.0. The van der Waals surface area contributed by atoms with E-state index in [4.69, 9.17) is 0 Å². The lowest BCUT2D eigenvalue weighted by atomic mass is 9.98. The second-order valence-corrected chi connectivity index (χ2v) is 14.0. The number of carbonyl (C=O) groups excluding carboxylic acids is 4. The van der Waals surface area contributed by atoms with Crippen LogP contribution in [0.3, 0.4) is 0 Å². The molecule has 2 aliphatic heterocycles. The lowest BCUT2D eigenvalue weighted by Crippen LogP contribution is -2.46. The monoisotopic (exact) mass is 717 g/mol.